The number of rotatable bonds is 0. The standard InChI is InChI=1S/C17H28/c1-14-13-15(2)17-12-10-8-6-4-3-5-7-9-11-16(14)17/h7,9,11,14-15,17H,3-6,8,10,12-13H2,1-2H3/b9-7+,16-11?. The molecule has 0 aliphatic heterocycles. The van der Waals surface area contributed by atoms with E-state index in [1.807, 2.05) is 0 Å². The Morgan fingerprint density at radius 1 is 1.00 bits per heavy atom. The van der Waals surface area contributed by atoms with Gasteiger partial charge in [0.05, 0.1) is 0 Å². The van der Waals surface area contributed by atoms with E-state index < -0.39 is 0 Å². The van der Waals surface area contributed by atoms with Gasteiger partial charge in [0.1, 0.15) is 0 Å². The quantitative estimate of drug-likeness (QED) is 0.517. The lowest BCUT2D eigenvalue weighted by Gasteiger charge is -2.18. The highest BCUT2D eigenvalue weighted by Crippen LogP contribution is 2.43. The first kappa shape index (κ1) is 12.9. The molecule has 0 nitrogen and oxygen atoms in total. The first-order valence-corrected chi connectivity index (χ1v) is 7.65. The minimum atomic E-state index is 0.822. The van der Waals surface area contributed by atoms with Gasteiger partial charge in [-0.25, -0.2) is 0 Å². The molecule has 96 valence electrons. The van der Waals surface area contributed by atoms with Gasteiger partial charge in [0.25, 0.3) is 0 Å². The van der Waals surface area contributed by atoms with Crippen LogP contribution in [0.1, 0.15) is 65.2 Å². The zero-order valence-corrected chi connectivity index (χ0v) is 11.6. The minimum Gasteiger partial charge on any atom is -0.0845 e. The Hall–Kier alpha value is -0.520. The fourth-order valence-corrected chi connectivity index (χ4v) is 3.72. The molecule has 0 amide bonds. The Balaban J connectivity index is 2.08. The van der Waals surface area contributed by atoms with Gasteiger partial charge < -0.3 is 0 Å². The van der Waals surface area contributed by atoms with Crippen LogP contribution in [-0.2, 0) is 0 Å². The van der Waals surface area contributed by atoms with Crippen molar-refractivity contribution in [2.24, 2.45) is 17.8 Å². The summed E-state index contributed by atoms with van der Waals surface area (Å²) in [5, 5.41) is 0. The fourth-order valence-electron chi connectivity index (χ4n) is 3.72. The smallest absolute Gasteiger partial charge is 0.0171 e. The van der Waals surface area contributed by atoms with E-state index in [9.17, 15) is 0 Å². The maximum atomic E-state index is 2.46. The molecule has 0 aromatic carbocycles. The summed E-state index contributed by atoms with van der Waals surface area (Å²) < 4.78 is 0. The third-order valence-electron chi connectivity index (χ3n) is 4.72. The van der Waals surface area contributed by atoms with Gasteiger partial charge in [0.15, 0.2) is 0 Å². The molecule has 1 fully saturated rings. The van der Waals surface area contributed by atoms with Gasteiger partial charge in [-0.05, 0) is 43.4 Å². The van der Waals surface area contributed by atoms with Crippen molar-refractivity contribution < 1.29 is 0 Å². The molecule has 1 saturated carbocycles. The molecule has 0 aromatic rings. The minimum absolute atomic E-state index is 0.822. The second-order valence-corrected chi connectivity index (χ2v) is 6.16. The van der Waals surface area contributed by atoms with Crippen molar-refractivity contribution in [1.82, 2.24) is 0 Å². The summed E-state index contributed by atoms with van der Waals surface area (Å²) in [6.07, 6.45) is 18.4. The topological polar surface area (TPSA) is 0 Å². The zero-order chi connectivity index (χ0) is 12.1. The normalized spacial score (nSPS) is 37.5. The lowest BCUT2D eigenvalue weighted by atomic mass is 9.88. The van der Waals surface area contributed by atoms with Crippen LogP contribution in [0.3, 0.4) is 0 Å². The van der Waals surface area contributed by atoms with E-state index in [2.05, 4.69) is 32.1 Å². The summed E-state index contributed by atoms with van der Waals surface area (Å²) in [5.41, 5.74) is 1.74. The molecule has 0 spiro atoms. The molecule has 17 heavy (non-hydrogen) atoms. The maximum absolute atomic E-state index is 2.46. The van der Waals surface area contributed by atoms with Crippen molar-refractivity contribution in [2.45, 2.75) is 65.2 Å². The third-order valence-corrected chi connectivity index (χ3v) is 4.72. The molecule has 3 unspecified atom stereocenters. The van der Waals surface area contributed by atoms with E-state index >= 15 is 0 Å². The SMILES string of the molecule is CC1CC(C)C2CCCCCCC/C=C/C=C12. The second-order valence-electron chi connectivity index (χ2n) is 6.16. The fraction of sp³-hybridized carbons (Fsp3) is 0.765. The zero-order valence-electron chi connectivity index (χ0n) is 11.6. The van der Waals surface area contributed by atoms with E-state index in [0.29, 0.717) is 0 Å². The predicted molar refractivity (Wildman–Crippen MR) is 76.0 cm³/mol. The first-order chi connectivity index (χ1) is 8.29. The Bertz CT molecular complexity index is 284. The second kappa shape index (κ2) is 6.42. The lowest BCUT2D eigenvalue weighted by molar-refractivity contribution is 0.408. The monoisotopic (exact) mass is 232 g/mol. The van der Waals surface area contributed by atoms with Gasteiger partial charge in [0, 0.05) is 0 Å². The molecule has 2 rings (SSSR count). The summed E-state index contributed by atoms with van der Waals surface area (Å²) in [6, 6.07) is 0. The van der Waals surface area contributed by atoms with E-state index in [0.717, 1.165) is 17.8 Å². The summed E-state index contributed by atoms with van der Waals surface area (Å²) in [4.78, 5) is 0. The average molecular weight is 232 g/mol. The van der Waals surface area contributed by atoms with Crippen LogP contribution in [0.15, 0.2) is 23.8 Å². The molecular weight excluding hydrogens is 204 g/mol. The number of hydrogen-bond acceptors (Lipinski definition) is 0. The van der Waals surface area contributed by atoms with Crippen LogP contribution in [0.25, 0.3) is 0 Å². The van der Waals surface area contributed by atoms with Crippen LogP contribution in [0.2, 0.25) is 0 Å². The first-order valence-electron chi connectivity index (χ1n) is 7.65. The predicted octanol–water partition coefficient (Wildman–Crippen LogP) is 5.51. The molecule has 0 radical (unpaired) electrons. The Labute approximate surface area is 107 Å². The highest BCUT2D eigenvalue weighted by Gasteiger charge is 2.32. The Kier molecular flexibility index (Phi) is 4.88. The van der Waals surface area contributed by atoms with Gasteiger partial charge in [-0.15, -0.1) is 0 Å². The highest BCUT2D eigenvalue weighted by atomic mass is 14.4. The maximum Gasteiger partial charge on any atom is -0.0171 e. The molecule has 0 heteroatoms. The summed E-state index contributed by atoms with van der Waals surface area (Å²) in [5.74, 6) is 2.62. The van der Waals surface area contributed by atoms with Crippen LogP contribution in [0.5, 0.6) is 0 Å². The Morgan fingerprint density at radius 2 is 1.76 bits per heavy atom. The van der Waals surface area contributed by atoms with E-state index in [-0.39, 0.29) is 0 Å². The molecule has 2 aliphatic carbocycles. The number of hydrogen-bond donors (Lipinski definition) is 0. The van der Waals surface area contributed by atoms with Crippen molar-refractivity contribution in [2.75, 3.05) is 0 Å². The largest absolute Gasteiger partial charge is 0.0845 e. The summed E-state index contributed by atoms with van der Waals surface area (Å²) in [6.45, 7) is 4.87. The average Bonchev–Trinajstić information content (AvgIpc) is 2.54. The molecule has 0 heterocycles. The molecular formula is C17H28. The molecule has 0 N–H and O–H groups in total. The molecule has 0 aromatic heterocycles. The molecule has 0 bridgehead atoms. The van der Waals surface area contributed by atoms with Gasteiger partial charge in [0.2, 0.25) is 0 Å². The van der Waals surface area contributed by atoms with Crippen molar-refractivity contribution in [3.8, 4) is 0 Å². The van der Waals surface area contributed by atoms with Gasteiger partial charge in [-0.2, -0.15) is 0 Å². The van der Waals surface area contributed by atoms with Crippen molar-refractivity contribution in [1.29, 1.82) is 0 Å². The Morgan fingerprint density at radius 3 is 2.65 bits per heavy atom. The lowest BCUT2D eigenvalue weighted by Crippen LogP contribution is -2.06. The third kappa shape index (κ3) is 3.47. The summed E-state index contributed by atoms with van der Waals surface area (Å²) in [7, 11) is 0. The summed E-state index contributed by atoms with van der Waals surface area (Å²) >= 11 is 0. The highest BCUT2D eigenvalue weighted by molar-refractivity contribution is 5.22. The van der Waals surface area contributed by atoms with Crippen molar-refractivity contribution in [3.05, 3.63) is 23.8 Å². The van der Waals surface area contributed by atoms with E-state index in [1.165, 1.54) is 51.4 Å². The van der Waals surface area contributed by atoms with Crippen LogP contribution in [0.4, 0.5) is 0 Å². The molecule has 3 atom stereocenters. The van der Waals surface area contributed by atoms with Crippen molar-refractivity contribution in [3.63, 3.8) is 0 Å². The van der Waals surface area contributed by atoms with Gasteiger partial charge in [-0.3, -0.25) is 0 Å². The van der Waals surface area contributed by atoms with Crippen molar-refractivity contribution >= 4 is 0 Å². The molecule has 0 saturated heterocycles. The van der Waals surface area contributed by atoms with Gasteiger partial charge >= 0.3 is 0 Å². The number of allylic oxidation sites excluding steroid dienone is 4. The van der Waals surface area contributed by atoms with Crippen LogP contribution >= 0.6 is 0 Å². The van der Waals surface area contributed by atoms with Crippen LogP contribution in [-0.4, -0.2) is 0 Å². The van der Waals surface area contributed by atoms with E-state index in [1.54, 1.807) is 5.57 Å². The number of fused-ring (bicyclic) bond motifs is 1. The van der Waals surface area contributed by atoms with E-state index in [4.69, 9.17) is 0 Å². The van der Waals surface area contributed by atoms with Gasteiger partial charge in [-0.1, -0.05) is 63.3 Å². The molecule has 2 aliphatic rings. The van der Waals surface area contributed by atoms with Crippen LogP contribution < -0.4 is 0 Å². The van der Waals surface area contributed by atoms with Crippen LogP contribution in [0, 0.1) is 17.8 Å².